The zero-order valence-corrected chi connectivity index (χ0v) is 17.7. The lowest BCUT2D eigenvalue weighted by Gasteiger charge is -2.17. The van der Waals surface area contributed by atoms with Crippen LogP contribution >= 0.6 is 23.1 Å². The molecule has 0 saturated heterocycles. The highest BCUT2D eigenvalue weighted by Crippen LogP contribution is 2.36. The lowest BCUT2D eigenvalue weighted by molar-refractivity contribution is 0.344. The molecule has 2 heterocycles. The SMILES string of the molecule is C=CCn1c(SCCOc2ccccc2)nc2sc3c(c2c1=O)CC[C@H](C)C3. The molecule has 0 unspecified atom stereocenters. The van der Waals surface area contributed by atoms with E-state index in [1.165, 1.54) is 10.4 Å². The second kappa shape index (κ2) is 8.53. The van der Waals surface area contributed by atoms with E-state index in [2.05, 4.69) is 13.5 Å². The summed E-state index contributed by atoms with van der Waals surface area (Å²) < 4.78 is 7.53. The number of aromatic nitrogens is 2. The Balaban J connectivity index is 1.59. The third-order valence-electron chi connectivity index (χ3n) is 5.02. The van der Waals surface area contributed by atoms with Crippen molar-refractivity contribution < 1.29 is 4.74 Å². The van der Waals surface area contributed by atoms with E-state index >= 15 is 0 Å². The number of nitrogens with zero attached hydrogens (tertiary/aromatic N) is 2. The molecule has 1 aliphatic rings. The molecule has 1 atom stereocenters. The number of fused-ring (bicyclic) bond motifs is 3. The van der Waals surface area contributed by atoms with Crippen molar-refractivity contribution in [3.63, 3.8) is 0 Å². The Morgan fingerprint density at radius 3 is 3.00 bits per heavy atom. The van der Waals surface area contributed by atoms with Gasteiger partial charge in [-0.05, 0) is 42.9 Å². The van der Waals surface area contributed by atoms with Crippen LogP contribution in [0.15, 0.2) is 52.9 Å². The van der Waals surface area contributed by atoms with Crippen molar-refractivity contribution in [1.82, 2.24) is 9.55 Å². The highest BCUT2D eigenvalue weighted by Gasteiger charge is 2.24. The van der Waals surface area contributed by atoms with Crippen LogP contribution in [0.3, 0.4) is 0 Å². The molecule has 1 aromatic carbocycles. The summed E-state index contributed by atoms with van der Waals surface area (Å²) in [7, 11) is 0. The summed E-state index contributed by atoms with van der Waals surface area (Å²) in [4.78, 5) is 20.3. The molecule has 0 saturated carbocycles. The van der Waals surface area contributed by atoms with Gasteiger partial charge in [0.15, 0.2) is 5.16 Å². The van der Waals surface area contributed by atoms with E-state index < -0.39 is 0 Å². The number of thiophene rings is 1. The number of hydrogen-bond acceptors (Lipinski definition) is 5. The predicted molar refractivity (Wildman–Crippen MR) is 118 cm³/mol. The molecular weight excluding hydrogens is 388 g/mol. The highest BCUT2D eigenvalue weighted by atomic mass is 32.2. The molecule has 0 amide bonds. The van der Waals surface area contributed by atoms with Gasteiger partial charge in [0.25, 0.3) is 5.56 Å². The van der Waals surface area contributed by atoms with Crippen LogP contribution in [0.1, 0.15) is 23.8 Å². The van der Waals surface area contributed by atoms with Gasteiger partial charge in [-0.25, -0.2) is 4.98 Å². The number of allylic oxidation sites excluding steroid dienone is 1. The molecule has 0 spiro atoms. The van der Waals surface area contributed by atoms with Gasteiger partial charge < -0.3 is 4.74 Å². The van der Waals surface area contributed by atoms with Gasteiger partial charge in [-0.3, -0.25) is 9.36 Å². The van der Waals surface area contributed by atoms with Gasteiger partial charge in [-0.15, -0.1) is 17.9 Å². The first-order valence-electron chi connectivity index (χ1n) is 9.64. The standard InChI is InChI=1S/C22H24N2O2S2/c1-3-11-24-21(25)19-17-10-9-15(2)14-18(17)28-20(19)23-22(24)27-13-12-26-16-7-5-4-6-8-16/h3-8,15H,1,9-14H2,2H3/t15-/m0/s1. The zero-order chi connectivity index (χ0) is 19.5. The lowest BCUT2D eigenvalue weighted by atomic mass is 9.89. The van der Waals surface area contributed by atoms with Gasteiger partial charge in [0.2, 0.25) is 0 Å². The second-order valence-electron chi connectivity index (χ2n) is 7.14. The molecule has 4 rings (SSSR count). The van der Waals surface area contributed by atoms with Crippen LogP contribution in [0.5, 0.6) is 5.75 Å². The summed E-state index contributed by atoms with van der Waals surface area (Å²) in [6.45, 7) is 7.14. The van der Waals surface area contributed by atoms with Gasteiger partial charge in [0.1, 0.15) is 10.6 Å². The van der Waals surface area contributed by atoms with Gasteiger partial charge in [-0.2, -0.15) is 0 Å². The topological polar surface area (TPSA) is 44.1 Å². The van der Waals surface area contributed by atoms with E-state index in [0.717, 1.165) is 46.1 Å². The summed E-state index contributed by atoms with van der Waals surface area (Å²) in [6.07, 6.45) is 4.96. The first kappa shape index (κ1) is 19.3. The molecule has 0 bridgehead atoms. The smallest absolute Gasteiger partial charge is 0.263 e. The molecule has 0 N–H and O–H groups in total. The maximum Gasteiger partial charge on any atom is 0.263 e. The molecular formula is C22H24N2O2S2. The van der Waals surface area contributed by atoms with Crippen LogP contribution < -0.4 is 10.3 Å². The Hall–Kier alpha value is -2.05. The van der Waals surface area contributed by atoms with Crippen LogP contribution in [0, 0.1) is 5.92 Å². The Bertz CT molecular complexity index is 1040. The molecule has 0 radical (unpaired) electrons. The van der Waals surface area contributed by atoms with E-state index in [1.54, 1.807) is 33.7 Å². The van der Waals surface area contributed by atoms with Crippen LogP contribution in [0.25, 0.3) is 10.2 Å². The summed E-state index contributed by atoms with van der Waals surface area (Å²) in [5.74, 6) is 2.27. The van der Waals surface area contributed by atoms with Crippen molar-refractivity contribution >= 4 is 33.3 Å². The molecule has 4 nitrogen and oxygen atoms in total. The van der Waals surface area contributed by atoms with Crippen molar-refractivity contribution in [2.24, 2.45) is 5.92 Å². The largest absolute Gasteiger partial charge is 0.493 e. The fourth-order valence-electron chi connectivity index (χ4n) is 3.61. The molecule has 3 aromatic rings. The fraction of sp³-hybridized carbons (Fsp3) is 0.364. The van der Waals surface area contributed by atoms with Gasteiger partial charge in [0, 0.05) is 17.2 Å². The third kappa shape index (κ3) is 3.89. The minimum atomic E-state index is 0.0726. The Labute approximate surface area is 173 Å². The molecule has 2 aromatic heterocycles. The minimum absolute atomic E-state index is 0.0726. The van der Waals surface area contributed by atoms with E-state index in [4.69, 9.17) is 9.72 Å². The van der Waals surface area contributed by atoms with E-state index in [0.29, 0.717) is 19.1 Å². The Morgan fingerprint density at radius 1 is 1.39 bits per heavy atom. The normalized spacial score (nSPS) is 16.1. The molecule has 146 valence electrons. The molecule has 0 aliphatic heterocycles. The predicted octanol–water partition coefficient (Wildman–Crippen LogP) is 4.94. The van der Waals surface area contributed by atoms with Crippen LogP contribution in [0.4, 0.5) is 0 Å². The van der Waals surface area contributed by atoms with Crippen molar-refractivity contribution in [1.29, 1.82) is 0 Å². The average molecular weight is 413 g/mol. The van der Waals surface area contributed by atoms with Crippen LogP contribution in [-0.4, -0.2) is 21.9 Å². The molecule has 6 heteroatoms. The number of benzene rings is 1. The average Bonchev–Trinajstić information content (AvgIpc) is 3.06. The monoisotopic (exact) mass is 412 g/mol. The van der Waals surface area contributed by atoms with Crippen molar-refractivity contribution in [2.75, 3.05) is 12.4 Å². The number of ether oxygens (including phenoxy) is 1. The van der Waals surface area contributed by atoms with Crippen LogP contribution in [0.2, 0.25) is 0 Å². The molecule has 28 heavy (non-hydrogen) atoms. The maximum atomic E-state index is 13.2. The first-order valence-corrected chi connectivity index (χ1v) is 11.4. The van der Waals surface area contributed by atoms with Crippen LogP contribution in [-0.2, 0) is 19.4 Å². The van der Waals surface area contributed by atoms with Crippen molar-refractivity contribution in [3.05, 3.63) is 63.8 Å². The number of para-hydroxylation sites is 1. The summed E-state index contributed by atoms with van der Waals surface area (Å²) in [6, 6.07) is 9.77. The second-order valence-corrected chi connectivity index (χ2v) is 9.29. The molecule has 1 aliphatic carbocycles. The Morgan fingerprint density at radius 2 is 2.21 bits per heavy atom. The summed E-state index contributed by atoms with van der Waals surface area (Å²) in [5, 5.41) is 1.58. The Kier molecular flexibility index (Phi) is 5.87. The number of aryl methyl sites for hydroxylation is 1. The number of hydrogen-bond donors (Lipinski definition) is 0. The molecule has 0 fully saturated rings. The fourth-order valence-corrected chi connectivity index (χ4v) is 5.86. The van der Waals surface area contributed by atoms with E-state index in [9.17, 15) is 4.79 Å². The van der Waals surface area contributed by atoms with Gasteiger partial charge in [0.05, 0.1) is 12.0 Å². The first-order chi connectivity index (χ1) is 13.7. The van der Waals surface area contributed by atoms with E-state index in [-0.39, 0.29) is 5.56 Å². The number of thioether (sulfide) groups is 1. The highest BCUT2D eigenvalue weighted by molar-refractivity contribution is 7.99. The van der Waals surface area contributed by atoms with Gasteiger partial charge >= 0.3 is 0 Å². The third-order valence-corrected chi connectivity index (χ3v) is 7.11. The van der Waals surface area contributed by atoms with Gasteiger partial charge in [-0.1, -0.05) is 43.0 Å². The van der Waals surface area contributed by atoms with Crippen molar-refractivity contribution in [3.8, 4) is 5.75 Å². The lowest BCUT2D eigenvalue weighted by Crippen LogP contribution is -2.23. The maximum absolute atomic E-state index is 13.2. The summed E-state index contributed by atoms with van der Waals surface area (Å²) >= 11 is 3.27. The zero-order valence-electron chi connectivity index (χ0n) is 16.0. The van der Waals surface area contributed by atoms with Crippen molar-refractivity contribution in [2.45, 2.75) is 37.9 Å². The number of rotatable bonds is 7. The quantitative estimate of drug-likeness (QED) is 0.239. The minimum Gasteiger partial charge on any atom is -0.493 e. The van der Waals surface area contributed by atoms with E-state index in [1.807, 2.05) is 30.3 Å². The summed E-state index contributed by atoms with van der Waals surface area (Å²) in [5.41, 5.74) is 1.31.